The second-order valence-corrected chi connectivity index (χ2v) is 8.94. The first-order chi connectivity index (χ1) is 11.4. The number of hydrogen-bond donors (Lipinski definition) is 0. The van der Waals surface area contributed by atoms with Crippen LogP contribution in [0, 0.1) is 16.0 Å². The Balaban J connectivity index is 1.93. The van der Waals surface area contributed by atoms with Gasteiger partial charge in [0, 0.05) is 36.3 Å². The Labute approximate surface area is 146 Å². The normalized spacial score (nSPS) is 25.9. The van der Waals surface area contributed by atoms with Crippen LogP contribution >= 0.6 is 11.8 Å². The van der Waals surface area contributed by atoms with Gasteiger partial charge < -0.3 is 9.47 Å². The molecule has 0 saturated carbocycles. The van der Waals surface area contributed by atoms with Gasteiger partial charge in [0.15, 0.2) is 0 Å². The van der Waals surface area contributed by atoms with E-state index < -0.39 is 0 Å². The largest absolute Gasteiger partial charge is 0.343 e. The molecule has 0 N–H and O–H groups in total. The molecule has 0 bridgehead atoms. The molecule has 0 radical (unpaired) electrons. The maximum Gasteiger partial charge on any atom is 0.271 e. The van der Waals surface area contributed by atoms with Gasteiger partial charge in [-0.1, -0.05) is 0 Å². The lowest BCUT2D eigenvalue weighted by atomic mass is 9.82. The Morgan fingerprint density at radius 1 is 1.46 bits per heavy atom. The van der Waals surface area contributed by atoms with Crippen LogP contribution in [0.5, 0.6) is 0 Å². The van der Waals surface area contributed by atoms with Gasteiger partial charge >= 0.3 is 0 Å². The van der Waals surface area contributed by atoms with Gasteiger partial charge in [-0.15, -0.1) is 11.8 Å². The Hall–Kier alpha value is -1.53. The maximum atomic E-state index is 11.2. The molecule has 3 heterocycles. The minimum atomic E-state index is -0.287. The fraction of sp³-hybridized carbons (Fsp3) is 0.556. The van der Waals surface area contributed by atoms with Gasteiger partial charge in [-0.25, -0.2) is 0 Å². The first-order valence-corrected chi connectivity index (χ1v) is 9.49. The SMILES string of the molecule is CN(C)CC1CCn2c3c(c4ccc([N+](=O)[O-])cc42)CCSC31C. The third kappa shape index (κ3) is 2.19. The second-order valence-electron chi connectivity index (χ2n) is 7.39. The van der Waals surface area contributed by atoms with Crippen LogP contribution < -0.4 is 0 Å². The second kappa shape index (κ2) is 5.49. The van der Waals surface area contributed by atoms with E-state index in [1.807, 2.05) is 6.07 Å². The van der Waals surface area contributed by atoms with Crippen molar-refractivity contribution in [3.63, 3.8) is 0 Å². The zero-order valence-corrected chi connectivity index (χ0v) is 15.2. The van der Waals surface area contributed by atoms with Crippen LogP contribution in [0.1, 0.15) is 24.6 Å². The number of fused-ring (bicyclic) bond motifs is 3. The average Bonchev–Trinajstić information content (AvgIpc) is 2.85. The van der Waals surface area contributed by atoms with Crippen molar-refractivity contribution < 1.29 is 4.92 Å². The summed E-state index contributed by atoms with van der Waals surface area (Å²) >= 11 is 2.07. The van der Waals surface area contributed by atoms with Crippen molar-refractivity contribution in [3.8, 4) is 0 Å². The maximum absolute atomic E-state index is 11.2. The molecule has 0 amide bonds. The number of aryl methyl sites for hydroxylation is 2. The van der Waals surface area contributed by atoms with E-state index in [0.717, 1.165) is 37.2 Å². The minimum Gasteiger partial charge on any atom is -0.343 e. The van der Waals surface area contributed by atoms with Gasteiger partial charge in [-0.2, -0.15) is 0 Å². The van der Waals surface area contributed by atoms with E-state index in [-0.39, 0.29) is 15.4 Å². The Morgan fingerprint density at radius 3 is 2.96 bits per heavy atom. The van der Waals surface area contributed by atoms with Crippen LogP contribution in [-0.4, -0.2) is 40.8 Å². The predicted molar refractivity (Wildman–Crippen MR) is 98.8 cm³/mol. The van der Waals surface area contributed by atoms with E-state index in [1.54, 1.807) is 12.1 Å². The zero-order chi connectivity index (χ0) is 17.1. The van der Waals surface area contributed by atoms with Crippen molar-refractivity contribution in [2.24, 2.45) is 5.92 Å². The van der Waals surface area contributed by atoms with Crippen molar-refractivity contribution in [2.45, 2.75) is 31.1 Å². The first kappa shape index (κ1) is 16.0. The lowest BCUT2D eigenvalue weighted by molar-refractivity contribution is -0.384. The number of benzene rings is 1. The zero-order valence-electron chi connectivity index (χ0n) is 14.4. The molecule has 2 aliphatic heterocycles. The number of nitro benzene ring substituents is 1. The van der Waals surface area contributed by atoms with Gasteiger partial charge in [0.2, 0.25) is 0 Å². The molecular formula is C18H23N3O2S. The molecular weight excluding hydrogens is 322 g/mol. The molecule has 128 valence electrons. The van der Waals surface area contributed by atoms with Crippen LogP contribution in [0.15, 0.2) is 18.2 Å². The molecule has 6 heteroatoms. The number of non-ortho nitro benzene ring substituents is 1. The van der Waals surface area contributed by atoms with E-state index in [4.69, 9.17) is 0 Å². The minimum absolute atomic E-state index is 0.101. The Kier molecular flexibility index (Phi) is 3.65. The quantitative estimate of drug-likeness (QED) is 0.629. The summed E-state index contributed by atoms with van der Waals surface area (Å²) in [6.07, 6.45) is 2.19. The summed E-state index contributed by atoms with van der Waals surface area (Å²) in [5, 5.41) is 12.4. The van der Waals surface area contributed by atoms with Crippen molar-refractivity contribution in [3.05, 3.63) is 39.6 Å². The molecule has 0 spiro atoms. The molecule has 2 atom stereocenters. The fourth-order valence-electron chi connectivity index (χ4n) is 4.59. The third-order valence-electron chi connectivity index (χ3n) is 5.65. The number of rotatable bonds is 3. The third-order valence-corrected chi connectivity index (χ3v) is 7.19. The fourth-order valence-corrected chi connectivity index (χ4v) is 6.12. The van der Waals surface area contributed by atoms with Gasteiger partial charge in [-0.3, -0.25) is 10.1 Å². The summed E-state index contributed by atoms with van der Waals surface area (Å²) in [6.45, 7) is 4.43. The Bertz CT molecular complexity index is 829. The number of nitro groups is 1. The average molecular weight is 345 g/mol. The first-order valence-electron chi connectivity index (χ1n) is 8.50. The number of thioether (sulfide) groups is 1. The monoisotopic (exact) mass is 345 g/mol. The smallest absolute Gasteiger partial charge is 0.271 e. The molecule has 2 aromatic rings. The number of nitrogens with zero attached hydrogens (tertiary/aromatic N) is 3. The van der Waals surface area contributed by atoms with E-state index >= 15 is 0 Å². The molecule has 2 unspecified atom stereocenters. The van der Waals surface area contributed by atoms with Gasteiger partial charge in [0.05, 0.1) is 15.2 Å². The summed E-state index contributed by atoms with van der Waals surface area (Å²) in [6, 6.07) is 5.39. The number of hydrogen-bond acceptors (Lipinski definition) is 4. The van der Waals surface area contributed by atoms with Gasteiger partial charge in [0.25, 0.3) is 5.69 Å². The summed E-state index contributed by atoms with van der Waals surface area (Å²) in [7, 11) is 4.29. The highest BCUT2D eigenvalue weighted by atomic mass is 32.2. The molecule has 5 nitrogen and oxygen atoms in total. The van der Waals surface area contributed by atoms with Gasteiger partial charge in [-0.05, 0) is 57.2 Å². The predicted octanol–water partition coefficient (Wildman–Crippen LogP) is 3.64. The molecule has 24 heavy (non-hydrogen) atoms. The highest BCUT2D eigenvalue weighted by Gasteiger charge is 2.46. The lowest BCUT2D eigenvalue weighted by Crippen LogP contribution is -2.43. The topological polar surface area (TPSA) is 51.3 Å². The van der Waals surface area contributed by atoms with E-state index in [9.17, 15) is 10.1 Å². The van der Waals surface area contributed by atoms with Crippen molar-refractivity contribution in [1.29, 1.82) is 0 Å². The highest BCUT2D eigenvalue weighted by molar-refractivity contribution is 8.00. The summed E-state index contributed by atoms with van der Waals surface area (Å²) in [5.41, 5.74) is 4.08. The van der Waals surface area contributed by atoms with Crippen molar-refractivity contribution >= 4 is 28.4 Å². The summed E-state index contributed by atoms with van der Waals surface area (Å²) in [5.74, 6) is 1.74. The Morgan fingerprint density at radius 2 is 2.25 bits per heavy atom. The van der Waals surface area contributed by atoms with Crippen molar-refractivity contribution in [1.82, 2.24) is 9.47 Å². The van der Waals surface area contributed by atoms with Crippen LogP contribution in [-0.2, 0) is 17.7 Å². The summed E-state index contributed by atoms with van der Waals surface area (Å²) < 4.78 is 2.47. The van der Waals surface area contributed by atoms with Crippen molar-refractivity contribution in [2.75, 3.05) is 26.4 Å². The molecule has 4 rings (SSSR count). The highest BCUT2D eigenvalue weighted by Crippen LogP contribution is 2.54. The van der Waals surface area contributed by atoms with Crippen LogP contribution in [0.3, 0.4) is 0 Å². The number of aromatic nitrogens is 1. The lowest BCUT2D eigenvalue weighted by Gasteiger charge is -2.46. The van der Waals surface area contributed by atoms with Crippen LogP contribution in [0.25, 0.3) is 10.9 Å². The molecule has 1 aromatic carbocycles. The summed E-state index contributed by atoms with van der Waals surface area (Å²) in [4.78, 5) is 13.2. The molecule has 0 aliphatic carbocycles. The van der Waals surface area contributed by atoms with Gasteiger partial charge in [0.1, 0.15) is 0 Å². The molecule has 2 aliphatic rings. The van der Waals surface area contributed by atoms with E-state index in [1.165, 1.54) is 16.6 Å². The van der Waals surface area contributed by atoms with Crippen LogP contribution in [0.4, 0.5) is 5.69 Å². The molecule has 0 fully saturated rings. The molecule has 1 aromatic heterocycles. The van der Waals surface area contributed by atoms with Crippen LogP contribution in [0.2, 0.25) is 0 Å². The van der Waals surface area contributed by atoms with E-state index in [0.29, 0.717) is 5.92 Å². The molecule has 0 saturated heterocycles. The van der Waals surface area contributed by atoms with E-state index in [2.05, 4.69) is 42.2 Å². The standard InChI is InChI=1S/C18H23N3O2S/c1-18-12(11-19(2)3)6-8-20-16-10-13(21(22)23)4-5-14(16)15(17(18)20)7-9-24-18/h4-5,10,12H,6-9,11H2,1-3H3.